The number of methoxy groups -OCH3 is 1. The molecular formula is C28H36N2O5. The second-order valence-electron chi connectivity index (χ2n) is 8.52. The largest absolute Gasteiger partial charge is 0.507 e. The molecule has 1 unspecified atom stereocenters. The number of likely N-dealkylation sites (N-methyl/N-ethyl adjacent to an activating group) is 1. The standard InChI is InChI=1S/C28H36N2O5/c1-5-8-19-35-23-15-9-20(10-16-23)25-24(26(31)21-11-13-22(34-4)14-12-21)27(32)28(33)30(25)18-17-29(6-2)7-3/h9-16,25,31H,5-8,17-19H2,1-4H3/b26-24+. The molecular weight excluding hydrogens is 444 g/mol. The van der Waals surface area contributed by atoms with Crippen LogP contribution in [0.3, 0.4) is 0 Å². The Hall–Kier alpha value is -3.32. The quantitative estimate of drug-likeness (QED) is 0.206. The molecule has 0 aliphatic carbocycles. The second-order valence-corrected chi connectivity index (χ2v) is 8.52. The van der Waals surface area contributed by atoms with Crippen LogP contribution in [0.1, 0.15) is 50.8 Å². The summed E-state index contributed by atoms with van der Waals surface area (Å²) < 4.78 is 11.0. The first kappa shape index (κ1) is 26.3. The van der Waals surface area contributed by atoms with Crippen molar-refractivity contribution < 1.29 is 24.2 Å². The van der Waals surface area contributed by atoms with Gasteiger partial charge in [0.15, 0.2) is 0 Å². The molecule has 0 spiro atoms. The molecule has 0 saturated carbocycles. The lowest BCUT2D eigenvalue weighted by Crippen LogP contribution is -2.38. The molecule has 0 aromatic heterocycles. The minimum absolute atomic E-state index is 0.0966. The molecule has 7 heteroatoms. The smallest absolute Gasteiger partial charge is 0.295 e. The fraction of sp³-hybridized carbons (Fsp3) is 0.429. The van der Waals surface area contributed by atoms with E-state index in [1.54, 1.807) is 36.3 Å². The Balaban J connectivity index is 2.01. The van der Waals surface area contributed by atoms with E-state index in [4.69, 9.17) is 9.47 Å². The first-order chi connectivity index (χ1) is 16.9. The van der Waals surface area contributed by atoms with Crippen LogP contribution in [0.2, 0.25) is 0 Å². The van der Waals surface area contributed by atoms with Crippen molar-refractivity contribution >= 4 is 17.4 Å². The molecule has 1 atom stereocenters. The summed E-state index contributed by atoms with van der Waals surface area (Å²) in [4.78, 5) is 30.1. The molecule has 1 aliphatic heterocycles. The number of benzene rings is 2. The van der Waals surface area contributed by atoms with E-state index in [1.807, 2.05) is 24.3 Å². The van der Waals surface area contributed by atoms with Crippen LogP contribution >= 0.6 is 0 Å². The fourth-order valence-electron chi connectivity index (χ4n) is 4.23. The van der Waals surface area contributed by atoms with Gasteiger partial charge in [0, 0.05) is 18.7 Å². The highest BCUT2D eigenvalue weighted by molar-refractivity contribution is 6.46. The van der Waals surface area contributed by atoms with Crippen molar-refractivity contribution in [2.24, 2.45) is 0 Å². The molecule has 35 heavy (non-hydrogen) atoms. The highest BCUT2D eigenvalue weighted by Crippen LogP contribution is 2.39. The predicted octanol–water partition coefficient (Wildman–Crippen LogP) is 4.64. The topological polar surface area (TPSA) is 79.3 Å². The van der Waals surface area contributed by atoms with Crippen LogP contribution in [-0.2, 0) is 9.59 Å². The summed E-state index contributed by atoms with van der Waals surface area (Å²) in [7, 11) is 1.56. The number of amides is 1. The first-order valence-electron chi connectivity index (χ1n) is 12.3. The van der Waals surface area contributed by atoms with Crippen molar-refractivity contribution in [3.63, 3.8) is 0 Å². The number of carbonyl (C=O) groups is 2. The number of aliphatic hydroxyl groups excluding tert-OH is 1. The van der Waals surface area contributed by atoms with Gasteiger partial charge in [0.2, 0.25) is 0 Å². The Morgan fingerprint density at radius 2 is 1.60 bits per heavy atom. The summed E-state index contributed by atoms with van der Waals surface area (Å²) in [5.74, 6) is -0.0925. The van der Waals surface area contributed by atoms with Gasteiger partial charge >= 0.3 is 0 Å². The van der Waals surface area contributed by atoms with Gasteiger partial charge in [-0.1, -0.05) is 39.3 Å². The Morgan fingerprint density at radius 3 is 2.17 bits per heavy atom. The van der Waals surface area contributed by atoms with Gasteiger partial charge in [-0.15, -0.1) is 0 Å². The monoisotopic (exact) mass is 480 g/mol. The zero-order valence-corrected chi connectivity index (χ0v) is 21.1. The summed E-state index contributed by atoms with van der Waals surface area (Å²) in [5, 5.41) is 11.2. The lowest BCUT2D eigenvalue weighted by Gasteiger charge is -2.28. The maximum atomic E-state index is 13.2. The molecule has 2 aromatic rings. The fourth-order valence-corrected chi connectivity index (χ4v) is 4.23. The highest BCUT2D eigenvalue weighted by atomic mass is 16.5. The van der Waals surface area contributed by atoms with Crippen molar-refractivity contribution in [1.82, 2.24) is 9.80 Å². The third-order valence-corrected chi connectivity index (χ3v) is 6.42. The number of hydrogen-bond donors (Lipinski definition) is 1. The Labute approximate surface area is 207 Å². The van der Waals surface area contributed by atoms with Crippen LogP contribution in [0.15, 0.2) is 54.1 Å². The Bertz CT molecular complexity index is 1030. The lowest BCUT2D eigenvalue weighted by molar-refractivity contribution is -0.140. The van der Waals surface area contributed by atoms with Gasteiger partial charge in [-0.2, -0.15) is 0 Å². The number of aliphatic hydroxyl groups is 1. The number of rotatable bonds is 12. The molecule has 1 heterocycles. The van der Waals surface area contributed by atoms with Crippen molar-refractivity contribution in [3.8, 4) is 11.5 Å². The number of carbonyl (C=O) groups excluding carboxylic acids is 2. The Morgan fingerprint density at radius 1 is 0.971 bits per heavy atom. The van der Waals surface area contributed by atoms with Crippen LogP contribution in [0.4, 0.5) is 0 Å². The normalized spacial score (nSPS) is 17.3. The van der Waals surface area contributed by atoms with E-state index >= 15 is 0 Å². The minimum Gasteiger partial charge on any atom is -0.507 e. The van der Waals surface area contributed by atoms with Crippen LogP contribution < -0.4 is 9.47 Å². The van der Waals surface area contributed by atoms with Gasteiger partial charge in [0.05, 0.1) is 25.3 Å². The van der Waals surface area contributed by atoms with E-state index in [2.05, 4.69) is 25.7 Å². The van der Waals surface area contributed by atoms with Crippen molar-refractivity contribution in [3.05, 3.63) is 65.2 Å². The van der Waals surface area contributed by atoms with E-state index in [-0.39, 0.29) is 11.3 Å². The van der Waals surface area contributed by atoms with Gasteiger partial charge in [-0.05, 0) is 61.5 Å². The molecule has 1 amide bonds. The number of unbranched alkanes of at least 4 members (excludes halogenated alkanes) is 1. The average molecular weight is 481 g/mol. The molecule has 3 rings (SSSR count). The Kier molecular flexibility index (Phi) is 9.32. The number of nitrogens with zero attached hydrogens (tertiary/aromatic N) is 2. The summed E-state index contributed by atoms with van der Waals surface area (Å²) in [6.07, 6.45) is 2.01. The zero-order chi connectivity index (χ0) is 25.4. The van der Waals surface area contributed by atoms with Gasteiger partial charge in [0.1, 0.15) is 17.3 Å². The van der Waals surface area contributed by atoms with Crippen LogP contribution in [0, 0.1) is 0 Å². The molecule has 1 N–H and O–H groups in total. The maximum absolute atomic E-state index is 13.2. The number of ketones is 1. The molecule has 188 valence electrons. The molecule has 0 bridgehead atoms. The van der Waals surface area contributed by atoms with E-state index in [1.165, 1.54) is 0 Å². The molecule has 1 aliphatic rings. The number of Topliss-reactive ketones (excluding diaryl/α,β-unsaturated/α-hetero) is 1. The van der Waals surface area contributed by atoms with Crippen LogP contribution in [-0.4, -0.2) is 66.5 Å². The van der Waals surface area contributed by atoms with Gasteiger partial charge in [-0.25, -0.2) is 0 Å². The molecule has 1 fully saturated rings. The van der Waals surface area contributed by atoms with E-state index in [0.717, 1.165) is 37.2 Å². The van der Waals surface area contributed by atoms with Crippen LogP contribution in [0.25, 0.3) is 5.76 Å². The number of hydrogen-bond acceptors (Lipinski definition) is 6. The molecule has 7 nitrogen and oxygen atoms in total. The van der Waals surface area contributed by atoms with Crippen LogP contribution in [0.5, 0.6) is 11.5 Å². The van der Waals surface area contributed by atoms with Gasteiger partial charge in [0.25, 0.3) is 11.7 Å². The van der Waals surface area contributed by atoms with E-state index in [0.29, 0.717) is 31.0 Å². The second kappa shape index (κ2) is 12.4. The number of likely N-dealkylation sites (tertiary alicyclic amines) is 1. The summed E-state index contributed by atoms with van der Waals surface area (Å²) >= 11 is 0. The molecule has 1 saturated heterocycles. The molecule has 0 radical (unpaired) electrons. The van der Waals surface area contributed by atoms with Gasteiger partial charge in [-0.3, -0.25) is 9.59 Å². The van der Waals surface area contributed by atoms with Crippen molar-refractivity contribution in [1.29, 1.82) is 0 Å². The summed E-state index contributed by atoms with van der Waals surface area (Å²) in [6.45, 7) is 9.59. The van der Waals surface area contributed by atoms with Crippen molar-refractivity contribution in [2.45, 2.75) is 39.7 Å². The average Bonchev–Trinajstić information content (AvgIpc) is 3.14. The molecule has 2 aromatic carbocycles. The lowest BCUT2D eigenvalue weighted by atomic mass is 9.95. The number of ether oxygens (including phenoxy) is 2. The third-order valence-electron chi connectivity index (χ3n) is 6.42. The van der Waals surface area contributed by atoms with Crippen molar-refractivity contribution in [2.75, 3.05) is 39.9 Å². The predicted molar refractivity (Wildman–Crippen MR) is 137 cm³/mol. The first-order valence-corrected chi connectivity index (χ1v) is 12.3. The van der Waals surface area contributed by atoms with E-state index < -0.39 is 17.7 Å². The minimum atomic E-state index is -0.683. The van der Waals surface area contributed by atoms with Gasteiger partial charge < -0.3 is 24.4 Å². The highest BCUT2D eigenvalue weighted by Gasteiger charge is 2.45. The van der Waals surface area contributed by atoms with E-state index in [9.17, 15) is 14.7 Å². The summed E-state index contributed by atoms with van der Waals surface area (Å²) in [5.41, 5.74) is 1.30. The summed E-state index contributed by atoms with van der Waals surface area (Å²) in [6, 6.07) is 13.5. The maximum Gasteiger partial charge on any atom is 0.295 e. The SMILES string of the molecule is CCCCOc1ccc(C2/C(=C(\O)c3ccc(OC)cc3)C(=O)C(=O)N2CCN(CC)CC)cc1. The zero-order valence-electron chi connectivity index (χ0n) is 21.1. The third kappa shape index (κ3) is 6.03.